The van der Waals surface area contributed by atoms with Gasteiger partial charge in [-0.05, 0) is 0 Å². The standard InChI is InChI=1S/2C3H6.Hf/c2*1-3-2;/h2*1-2H3;. The van der Waals surface area contributed by atoms with Crippen LogP contribution >= 0.6 is 0 Å². The molecule has 0 aliphatic rings. The Hall–Kier alpha value is 0.610. The third-order valence-electron chi connectivity index (χ3n) is 0.500. The number of hydrogen-bond acceptors (Lipinski definition) is 0. The summed E-state index contributed by atoms with van der Waals surface area (Å²) in [6.45, 7) is 8.98. The molecule has 0 aromatic carbocycles. The van der Waals surface area contributed by atoms with E-state index in [0.29, 0.717) is 0 Å². The Morgan fingerprint density at radius 1 is 0.857 bits per heavy atom. The summed E-state index contributed by atoms with van der Waals surface area (Å²) in [5, 5.41) is 0. The Bertz CT molecular complexity index is 96.1. The van der Waals surface area contributed by atoms with Crippen molar-refractivity contribution < 1.29 is 21.9 Å². The van der Waals surface area contributed by atoms with E-state index in [0.717, 1.165) is 0 Å². The molecule has 0 atom stereocenters. The summed E-state index contributed by atoms with van der Waals surface area (Å²) in [5.74, 6) is 0. The van der Waals surface area contributed by atoms with Gasteiger partial charge in [0, 0.05) is 0 Å². The van der Waals surface area contributed by atoms with Gasteiger partial charge in [0.2, 0.25) is 0 Å². The van der Waals surface area contributed by atoms with Gasteiger partial charge in [-0.15, -0.1) is 0 Å². The molecular weight excluding hydrogens is 251 g/mol. The van der Waals surface area contributed by atoms with Gasteiger partial charge < -0.3 is 0 Å². The van der Waals surface area contributed by atoms with Crippen LogP contribution in [0.4, 0.5) is 0 Å². The van der Waals surface area contributed by atoms with Gasteiger partial charge in [-0.25, -0.2) is 0 Å². The van der Waals surface area contributed by atoms with Crippen molar-refractivity contribution in [2.75, 3.05) is 0 Å². The van der Waals surface area contributed by atoms with Gasteiger partial charge in [0.15, 0.2) is 0 Å². The van der Waals surface area contributed by atoms with Crippen molar-refractivity contribution in [2.24, 2.45) is 0 Å². The number of hydrogen-bond donors (Lipinski definition) is 0. The zero-order chi connectivity index (χ0) is 5.86. The molecule has 0 unspecified atom stereocenters. The third kappa shape index (κ3) is 6.61. The average Bonchev–Trinajstić information content (AvgIpc) is 1.27. The summed E-state index contributed by atoms with van der Waals surface area (Å²) >= 11 is -0.318. The first-order chi connectivity index (χ1) is 3.13. The minimum atomic E-state index is -0.318. The average molecular weight is 263 g/mol. The maximum absolute atomic E-state index is 2.25. The van der Waals surface area contributed by atoms with Crippen LogP contribution in [-0.4, -0.2) is 6.51 Å². The molecule has 0 fully saturated rings. The van der Waals surface area contributed by atoms with Crippen LogP contribution in [-0.2, 0) is 21.9 Å². The molecule has 0 aromatic rings. The summed E-state index contributed by atoms with van der Waals surface area (Å²) in [4.78, 5) is 0. The van der Waals surface area contributed by atoms with E-state index in [-0.39, 0.29) is 21.9 Å². The molecule has 0 aliphatic carbocycles. The fourth-order valence-electron chi connectivity index (χ4n) is 0.500. The van der Waals surface area contributed by atoms with E-state index in [1.54, 1.807) is 6.51 Å². The van der Waals surface area contributed by atoms with Crippen LogP contribution in [0.5, 0.6) is 0 Å². The van der Waals surface area contributed by atoms with Gasteiger partial charge in [0.1, 0.15) is 0 Å². The zero-order valence-corrected chi connectivity index (χ0v) is 9.09. The first-order valence-electron chi connectivity index (χ1n) is 2.50. The molecule has 0 aromatic heterocycles. The predicted molar refractivity (Wildman–Crippen MR) is 32.7 cm³/mol. The van der Waals surface area contributed by atoms with E-state index in [9.17, 15) is 0 Å². The number of rotatable bonds is 0. The fourth-order valence-corrected chi connectivity index (χ4v) is 4.09. The van der Waals surface area contributed by atoms with E-state index in [1.165, 1.54) is 0 Å². The van der Waals surface area contributed by atoms with Crippen molar-refractivity contribution in [3.63, 3.8) is 0 Å². The Balaban J connectivity index is 4.13. The molecule has 40 valence electrons. The van der Waals surface area contributed by atoms with Gasteiger partial charge in [0.25, 0.3) is 0 Å². The minimum absolute atomic E-state index is 0.318. The summed E-state index contributed by atoms with van der Waals surface area (Å²) in [7, 11) is 0. The second-order valence-electron chi connectivity index (χ2n) is 2.12. The van der Waals surface area contributed by atoms with E-state index in [2.05, 4.69) is 27.7 Å². The third-order valence-corrected chi connectivity index (χ3v) is 4.09. The molecule has 0 heterocycles. The van der Waals surface area contributed by atoms with Crippen LogP contribution in [0.3, 0.4) is 0 Å². The molecule has 0 bridgehead atoms. The molecule has 0 rings (SSSR count). The van der Waals surface area contributed by atoms with Crippen LogP contribution in [0.15, 0.2) is 0 Å². The first-order valence-corrected chi connectivity index (χ1v) is 6.09. The monoisotopic (exact) mass is 264 g/mol. The van der Waals surface area contributed by atoms with Gasteiger partial charge in [-0.2, -0.15) is 0 Å². The van der Waals surface area contributed by atoms with Gasteiger partial charge in [0.05, 0.1) is 0 Å². The van der Waals surface area contributed by atoms with Crippen molar-refractivity contribution in [3.8, 4) is 0 Å². The van der Waals surface area contributed by atoms with Crippen molar-refractivity contribution in [1.29, 1.82) is 0 Å². The predicted octanol–water partition coefficient (Wildman–Crippen LogP) is 1.49. The summed E-state index contributed by atoms with van der Waals surface area (Å²) in [6, 6.07) is 0. The van der Waals surface area contributed by atoms with Crippen molar-refractivity contribution >= 4 is 6.51 Å². The van der Waals surface area contributed by atoms with E-state index >= 15 is 0 Å². The summed E-state index contributed by atoms with van der Waals surface area (Å²) < 4.78 is 3.39. The molecular formula is C6H12Hf. The second-order valence-corrected chi connectivity index (χ2v) is 10.2. The molecule has 0 saturated heterocycles. The SMILES string of the molecule is C[C](C)=[Hf]=[C](C)C. The Labute approximate surface area is 56.2 Å². The second kappa shape index (κ2) is 3.59. The van der Waals surface area contributed by atoms with Gasteiger partial charge in [-0.1, -0.05) is 0 Å². The fraction of sp³-hybridized carbons (Fsp3) is 0.667. The van der Waals surface area contributed by atoms with Crippen LogP contribution in [0.2, 0.25) is 0 Å². The quantitative estimate of drug-likeness (QED) is 0.581. The summed E-state index contributed by atoms with van der Waals surface area (Å²) in [5.41, 5.74) is 0. The first kappa shape index (κ1) is 7.61. The molecule has 1 heteroatoms. The molecule has 0 amide bonds. The molecule has 0 saturated carbocycles. The van der Waals surface area contributed by atoms with Crippen molar-refractivity contribution in [2.45, 2.75) is 27.7 Å². The Kier molecular flexibility index (Phi) is 3.91. The topological polar surface area (TPSA) is 0 Å². The molecule has 0 radical (unpaired) electrons. The van der Waals surface area contributed by atoms with Crippen LogP contribution < -0.4 is 0 Å². The molecule has 7 heavy (non-hydrogen) atoms. The van der Waals surface area contributed by atoms with Crippen molar-refractivity contribution in [3.05, 3.63) is 0 Å². The van der Waals surface area contributed by atoms with Gasteiger partial charge >= 0.3 is 56.1 Å². The normalized spacial score (nSPS) is 7.43. The molecule has 0 aliphatic heterocycles. The van der Waals surface area contributed by atoms with Crippen molar-refractivity contribution in [1.82, 2.24) is 0 Å². The molecule has 0 N–H and O–H groups in total. The van der Waals surface area contributed by atoms with E-state index in [1.807, 2.05) is 0 Å². The Morgan fingerprint density at radius 2 is 1.14 bits per heavy atom. The molecule has 0 nitrogen and oxygen atoms in total. The van der Waals surface area contributed by atoms with E-state index in [4.69, 9.17) is 0 Å². The van der Waals surface area contributed by atoms with Crippen LogP contribution in [0.25, 0.3) is 0 Å². The molecule has 0 spiro atoms. The Morgan fingerprint density at radius 3 is 1.14 bits per heavy atom. The van der Waals surface area contributed by atoms with Gasteiger partial charge in [-0.3, -0.25) is 0 Å². The summed E-state index contributed by atoms with van der Waals surface area (Å²) in [6.07, 6.45) is 0. The van der Waals surface area contributed by atoms with Crippen LogP contribution in [0, 0.1) is 0 Å². The maximum atomic E-state index is 2.25. The zero-order valence-electron chi connectivity index (χ0n) is 5.50. The van der Waals surface area contributed by atoms with E-state index < -0.39 is 0 Å². The van der Waals surface area contributed by atoms with Crippen LogP contribution in [0.1, 0.15) is 27.7 Å².